The van der Waals surface area contributed by atoms with Crippen LogP contribution in [0.15, 0.2) is 58.5 Å². The molecule has 0 amide bonds. The van der Waals surface area contributed by atoms with Gasteiger partial charge in [-0.15, -0.1) is 10.2 Å². The van der Waals surface area contributed by atoms with Crippen LogP contribution >= 0.6 is 11.8 Å². The molecule has 0 aliphatic heterocycles. The van der Waals surface area contributed by atoms with Crippen LogP contribution in [0.25, 0.3) is 16.6 Å². The Morgan fingerprint density at radius 3 is 2.70 bits per heavy atom. The number of rotatable bonds is 4. The largest absolute Gasteiger partial charge is 0.309 e. The number of thioether (sulfide) groups is 1. The molecule has 1 atom stereocenters. The summed E-state index contributed by atoms with van der Waals surface area (Å²) >= 11 is 1.52. The summed E-state index contributed by atoms with van der Waals surface area (Å²) in [5.41, 5.74) is 2.76. The third-order valence-electron chi connectivity index (χ3n) is 4.35. The highest BCUT2D eigenvalue weighted by Crippen LogP contribution is 2.33. The second-order valence-electron chi connectivity index (χ2n) is 6.43. The molecule has 1 unspecified atom stereocenters. The number of fused-ring (bicyclic) bond motifs is 1. The summed E-state index contributed by atoms with van der Waals surface area (Å²) in [5, 5.41) is 9.84. The van der Waals surface area contributed by atoms with Gasteiger partial charge in [0.05, 0.1) is 16.2 Å². The van der Waals surface area contributed by atoms with Gasteiger partial charge in [-0.3, -0.25) is 9.36 Å². The number of nitrogens with zero attached hydrogens (tertiary/aromatic N) is 4. The molecule has 2 aromatic heterocycles. The molecule has 0 saturated carbocycles. The maximum atomic E-state index is 12.3. The summed E-state index contributed by atoms with van der Waals surface area (Å²) in [5.74, 6) is 1.44. The average Bonchev–Trinajstić information content (AvgIpc) is 3.02. The smallest absolute Gasteiger partial charge is 0.258 e. The lowest BCUT2D eigenvalue weighted by Gasteiger charge is -2.13. The van der Waals surface area contributed by atoms with Crippen LogP contribution in [0, 0.1) is 13.8 Å². The third kappa shape index (κ3) is 3.38. The standard InChI is InChI=1S/C20H19N5OS/c1-12-7-6-8-15(11-12)25-14(3)23-24-20(25)27-13(2)18-21-17-10-5-4-9-16(17)19(26)22-18/h4-11,13H,1-3H3,(H,21,22,26). The van der Waals surface area contributed by atoms with E-state index >= 15 is 0 Å². The van der Waals surface area contributed by atoms with Crippen molar-refractivity contribution < 1.29 is 0 Å². The van der Waals surface area contributed by atoms with E-state index in [9.17, 15) is 4.79 Å². The van der Waals surface area contributed by atoms with Crippen LogP contribution in [-0.4, -0.2) is 24.7 Å². The van der Waals surface area contributed by atoms with Crippen LogP contribution in [0.3, 0.4) is 0 Å². The summed E-state index contributed by atoms with van der Waals surface area (Å²) in [6, 6.07) is 15.6. The van der Waals surface area contributed by atoms with E-state index in [4.69, 9.17) is 0 Å². The number of aromatic amines is 1. The molecule has 4 aromatic rings. The first-order chi connectivity index (χ1) is 13.0. The van der Waals surface area contributed by atoms with Crippen molar-refractivity contribution in [3.8, 4) is 5.69 Å². The lowest BCUT2D eigenvalue weighted by Crippen LogP contribution is -2.13. The fourth-order valence-electron chi connectivity index (χ4n) is 2.99. The molecule has 0 fully saturated rings. The molecule has 2 heterocycles. The number of aryl methyl sites for hydroxylation is 2. The van der Waals surface area contributed by atoms with Gasteiger partial charge in [-0.1, -0.05) is 36.0 Å². The summed E-state index contributed by atoms with van der Waals surface area (Å²) in [6.07, 6.45) is 0. The number of aromatic nitrogens is 5. The van der Waals surface area contributed by atoms with E-state index in [2.05, 4.69) is 39.2 Å². The van der Waals surface area contributed by atoms with Crippen molar-refractivity contribution in [1.82, 2.24) is 24.7 Å². The monoisotopic (exact) mass is 377 g/mol. The fourth-order valence-corrected chi connectivity index (χ4v) is 3.96. The Bertz CT molecular complexity index is 1180. The van der Waals surface area contributed by atoms with Crippen molar-refractivity contribution in [1.29, 1.82) is 0 Å². The van der Waals surface area contributed by atoms with E-state index in [0.29, 0.717) is 16.7 Å². The van der Waals surface area contributed by atoms with Gasteiger partial charge < -0.3 is 4.98 Å². The highest BCUT2D eigenvalue weighted by atomic mass is 32.2. The fraction of sp³-hybridized carbons (Fsp3) is 0.200. The molecule has 0 spiro atoms. The molecule has 1 N–H and O–H groups in total. The number of hydrogen-bond donors (Lipinski definition) is 1. The molecule has 0 aliphatic rings. The zero-order chi connectivity index (χ0) is 19.0. The Labute approximate surface area is 160 Å². The van der Waals surface area contributed by atoms with E-state index < -0.39 is 0 Å². The molecule has 0 saturated heterocycles. The molecular weight excluding hydrogens is 358 g/mol. The van der Waals surface area contributed by atoms with E-state index in [-0.39, 0.29) is 10.8 Å². The number of H-pyrrole nitrogens is 1. The van der Waals surface area contributed by atoms with E-state index in [1.165, 1.54) is 17.3 Å². The lowest BCUT2D eigenvalue weighted by molar-refractivity contribution is 0.850. The minimum absolute atomic E-state index is 0.0885. The molecule has 0 aliphatic carbocycles. The van der Waals surface area contributed by atoms with Gasteiger partial charge in [0, 0.05) is 5.69 Å². The van der Waals surface area contributed by atoms with Crippen LogP contribution in [0.2, 0.25) is 0 Å². The van der Waals surface area contributed by atoms with Crippen molar-refractivity contribution in [3.05, 3.63) is 76.1 Å². The van der Waals surface area contributed by atoms with E-state index in [1.807, 2.05) is 48.7 Å². The minimum Gasteiger partial charge on any atom is -0.309 e. The van der Waals surface area contributed by atoms with Crippen LogP contribution in [0.4, 0.5) is 0 Å². The first kappa shape index (κ1) is 17.5. The maximum Gasteiger partial charge on any atom is 0.258 e. The minimum atomic E-state index is -0.126. The van der Waals surface area contributed by atoms with Crippen LogP contribution in [-0.2, 0) is 0 Å². The van der Waals surface area contributed by atoms with Crippen LogP contribution in [0.5, 0.6) is 0 Å². The predicted octanol–water partition coefficient (Wildman–Crippen LogP) is 3.97. The first-order valence-electron chi connectivity index (χ1n) is 8.67. The van der Waals surface area contributed by atoms with Gasteiger partial charge in [0.2, 0.25) is 0 Å². The van der Waals surface area contributed by atoms with Crippen LogP contribution < -0.4 is 5.56 Å². The second kappa shape index (κ2) is 7.00. The summed E-state index contributed by atoms with van der Waals surface area (Å²) in [7, 11) is 0. The van der Waals surface area contributed by atoms with Crippen molar-refractivity contribution >= 4 is 22.7 Å². The van der Waals surface area contributed by atoms with Crippen molar-refractivity contribution in [3.63, 3.8) is 0 Å². The molecule has 136 valence electrons. The first-order valence-corrected chi connectivity index (χ1v) is 9.55. The summed E-state index contributed by atoms with van der Waals surface area (Å²) in [6.45, 7) is 5.99. The number of para-hydroxylation sites is 1. The predicted molar refractivity (Wildman–Crippen MR) is 107 cm³/mol. The van der Waals surface area contributed by atoms with Gasteiger partial charge in [-0.2, -0.15) is 0 Å². The highest BCUT2D eigenvalue weighted by Gasteiger charge is 2.18. The van der Waals surface area contributed by atoms with Gasteiger partial charge in [0.1, 0.15) is 11.6 Å². The maximum absolute atomic E-state index is 12.3. The van der Waals surface area contributed by atoms with Crippen molar-refractivity contribution in [2.24, 2.45) is 0 Å². The number of hydrogen-bond acceptors (Lipinski definition) is 5. The SMILES string of the molecule is Cc1cccc(-n2c(C)nnc2SC(C)c2nc3ccccc3c(=O)[nH]2)c1. The molecule has 4 rings (SSSR count). The molecule has 2 aromatic carbocycles. The number of benzene rings is 2. The highest BCUT2D eigenvalue weighted by molar-refractivity contribution is 7.99. The molecule has 7 heteroatoms. The lowest BCUT2D eigenvalue weighted by atomic mass is 10.2. The summed E-state index contributed by atoms with van der Waals surface area (Å²) in [4.78, 5) is 19.9. The molecule has 27 heavy (non-hydrogen) atoms. The number of nitrogens with one attached hydrogen (secondary N) is 1. The zero-order valence-electron chi connectivity index (χ0n) is 15.3. The Morgan fingerprint density at radius 1 is 1.07 bits per heavy atom. The topological polar surface area (TPSA) is 76.5 Å². The van der Waals surface area contributed by atoms with Gasteiger partial charge >= 0.3 is 0 Å². The Hall–Kier alpha value is -2.93. The van der Waals surface area contributed by atoms with Crippen molar-refractivity contribution in [2.75, 3.05) is 0 Å². The summed E-state index contributed by atoms with van der Waals surface area (Å²) < 4.78 is 2.02. The van der Waals surface area contributed by atoms with Gasteiger partial charge in [0.25, 0.3) is 5.56 Å². The molecule has 0 bridgehead atoms. The average molecular weight is 377 g/mol. The van der Waals surface area contributed by atoms with Gasteiger partial charge in [0.15, 0.2) is 5.16 Å². The van der Waals surface area contributed by atoms with Crippen molar-refractivity contribution in [2.45, 2.75) is 31.2 Å². The third-order valence-corrected chi connectivity index (χ3v) is 5.41. The molecule has 6 nitrogen and oxygen atoms in total. The molecular formula is C20H19N5OS. The van der Waals surface area contributed by atoms with Gasteiger partial charge in [-0.25, -0.2) is 4.98 Å². The normalized spacial score (nSPS) is 12.4. The quantitative estimate of drug-likeness (QED) is 0.545. The second-order valence-corrected chi connectivity index (χ2v) is 7.74. The zero-order valence-corrected chi connectivity index (χ0v) is 16.1. The van der Waals surface area contributed by atoms with E-state index in [0.717, 1.165) is 16.7 Å². The Morgan fingerprint density at radius 2 is 1.89 bits per heavy atom. The van der Waals surface area contributed by atoms with Crippen LogP contribution in [0.1, 0.15) is 29.4 Å². The Kier molecular flexibility index (Phi) is 4.53. The van der Waals surface area contributed by atoms with Gasteiger partial charge in [-0.05, 0) is 50.6 Å². The molecule has 0 radical (unpaired) electrons. The Balaban J connectivity index is 1.70. The van der Waals surface area contributed by atoms with E-state index in [1.54, 1.807) is 6.07 Å².